The van der Waals surface area contributed by atoms with Crippen molar-refractivity contribution >= 4 is 23.3 Å². The molecule has 0 aliphatic carbocycles. The van der Waals surface area contributed by atoms with E-state index in [1.165, 1.54) is 6.08 Å². The number of isothiocyanates is 1. The third kappa shape index (κ3) is 3.40. The Morgan fingerprint density at radius 3 is 3.00 bits per heavy atom. The number of carbonyl (C=O) groups is 1. The van der Waals surface area contributed by atoms with Crippen molar-refractivity contribution in [3.05, 3.63) is 12.7 Å². The summed E-state index contributed by atoms with van der Waals surface area (Å²) in [4.78, 5) is 13.4. The Kier molecular flexibility index (Phi) is 3.94. The molecule has 3 heteroatoms. The molecular formula is C5H5NOS. The van der Waals surface area contributed by atoms with Gasteiger partial charge in [-0.1, -0.05) is 6.08 Å². The fourth-order valence-electron chi connectivity index (χ4n) is 0.220. The second-order valence-corrected chi connectivity index (χ2v) is 1.27. The summed E-state index contributed by atoms with van der Waals surface area (Å²) in [6, 6.07) is 0. The standard InChI is InChI=1S/C5H5NOS/c1-2-3-5(7)6-4-8/h2H,1,3H2. The number of hydrogen-bond donors (Lipinski definition) is 0. The summed E-state index contributed by atoms with van der Waals surface area (Å²) in [6.45, 7) is 3.34. The molecule has 0 aromatic carbocycles. The SMILES string of the molecule is C=CCC(=O)N=C=S. The number of hydrogen-bond acceptors (Lipinski definition) is 2. The average Bonchev–Trinajstić information content (AvgIpc) is 1.68. The molecule has 0 fully saturated rings. The maximum atomic E-state index is 10.3. The Hall–Kier alpha value is -0.790. The van der Waals surface area contributed by atoms with Gasteiger partial charge in [-0.05, 0) is 12.2 Å². The minimum absolute atomic E-state index is 0.240. The smallest absolute Gasteiger partial charge is 0.258 e. The van der Waals surface area contributed by atoms with Crippen molar-refractivity contribution in [3.63, 3.8) is 0 Å². The highest BCUT2D eigenvalue weighted by Gasteiger charge is 1.88. The largest absolute Gasteiger partial charge is 0.272 e. The molecule has 8 heavy (non-hydrogen) atoms. The first kappa shape index (κ1) is 7.21. The fraction of sp³-hybridized carbons (Fsp3) is 0.200. The number of aliphatic imine (C=N–C) groups is 1. The minimum Gasteiger partial charge on any atom is -0.272 e. The summed E-state index contributed by atoms with van der Waals surface area (Å²) in [5, 5.41) is 1.96. The number of rotatable bonds is 2. The van der Waals surface area contributed by atoms with E-state index in [1.54, 1.807) is 0 Å². The molecular weight excluding hydrogens is 122 g/mol. The van der Waals surface area contributed by atoms with Crippen LogP contribution in [0.5, 0.6) is 0 Å². The second-order valence-electron chi connectivity index (χ2n) is 1.09. The molecule has 0 atom stereocenters. The fourth-order valence-corrected chi connectivity index (χ4v) is 0.322. The highest BCUT2D eigenvalue weighted by molar-refractivity contribution is 7.78. The van der Waals surface area contributed by atoms with Crippen molar-refractivity contribution in [1.29, 1.82) is 0 Å². The summed E-state index contributed by atoms with van der Waals surface area (Å²) in [5.41, 5.74) is 0. The quantitative estimate of drug-likeness (QED) is 0.317. The molecule has 0 unspecified atom stereocenters. The predicted octanol–water partition coefficient (Wildman–Crippen LogP) is 1.19. The van der Waals surface area contributed by atoms with Crippen LogP contribution in [0.1, 0.15) is 6.42 Å². The Labute approximate surface area is 52.9 Å². The normalized spacial score (nSPS) is 7.00. The molecule has 0 spiro atoms. The van der Waals surface area contributed by atoms with E-state index in [0.717, 1.165) is 0 Å². The van der Waals surface area contributed by atoms with E-state index in [4.69, 9.17) is 0 Å². The lowest BCUT2D eigenvalue weighted by atomic mass is 10.4. The van der Waals surface area contributed by atoms with Gasteiger partial charge in [0.1, 0.15) is 0 Å². The van der Waals surface area contributed by atoms with Crippen LogP contribution in [0.4, 0.5) is 0 Å². The lowest BCUT2D eigenvalue weighted by Crippen LogP contribution is -1.86. The minimum atomic E-state index is -0.296. The molecule has 0 radical (unpaired) electrons. The summed E-state index contributed by atoms with van der Waals surface area (Å²) in [5.74, 6) is -0.296. The number of amides is 1. The third-order valence-corrected chi connectivity index (χ3v) is 0.581. The van der Waals surface area contributed by atoms with E-state index in [9.17, 15) is 4.79 Å². The lowest BCUT2D eigenvalue weighted by Gasteiger charge is -1.77. The maximum absolute atomic E-state index is 10.3. The van der Waals surface area contributed by atoms with Crippen LogP contribution >= 0.6 is 12.2 Å². The van der Waals surface area contributed by atoms with Crippen LogP contribution in [0.15, 0.2) is 17.6 Å². The van der Waals surface area contributed by atoms with E-state index in [1.807, 2.05) is 5.16 Å². The van der Waals surface area contributed by atoms with Crippen molar-refractivity contribution in [2.24, 2.45) is 4.99 Å². The molecule has 0 N–H and O–H groups in total. The molecule has 0 aliphatic heterocycles. The first-order valence-corrected chi connectivity index (χ1v) is 2.43. The molecule has 1 amide bonds. The Bertz CT molecular complexity index is 147. The molecule has 2 nitrogen and oxygen atoms in total. The second kappa shape index (κ2) is 4.37. The first-order valence-electron chi connectivity index (χ1n) is 2.03. The number of carbonyl (C=O) groups excluding carboxylic acids is 1. The van der Waals surface area contributed by atoms with E-state index >= 15 is 0 Å². The first-order chi connectivity index (χ1) is 3.81. The zero-order valence-corrected chi connectivity index (χ0v) is 5.07. The van der Waals surface area contributed by atoms with Gasteiger partial charge in [-0.25, -0.2) is 0 Å². The molecule has 0 rings (SSSR count). The van der Waals surface area contributed by atoms with Crippen molar-refractivity contribution in [1.82, 2.24) is 0 Å². The zero-order chi connectivity index (χ0) is 6.41. The third-order valence-electron chi connectivity index (χ3n) is 0.489. The van der Waals surface area contributed by atoms with Crippen LogP contribution in [0, 0.1) is 0 Å². The molecule has 0 saturated heterocycles. The summed E-state index contributed by atoms with van der Waals surface area (Å²) in [7, 11) is 0. The molecule has 0 aromatic rings. The van der Waals surface area contributed by atoms with Gasteiger partial charge in [-0.3, -0.25) is 4.79 Å². The number of thiocarbonyl (C=S) groups is 1. The van der Waals surface area contributed by atoms with Crippen LogP contribution in [0.2, 0.25) is 0 Å². The van der Waals surface area contributed by atoms with Crippen LogP contribution in [-0.4, -0.2) is 11.1 Å². The van der Waals surface area contributed by atoms with Crippen molar-refractivity contribution in [2.45, 2.75) is 6.42 Å². The van der Waals surface area contributed by atoms with Gasteiger partial charge in [0.05, 0.1) is 5.16 Å². The summed E-state index contributed by atoms with van der Waals surface area (Å²) in [6.07, 6.45) is 1.71. The molecule has 42 valence electrons. The van der Waals surface area contributed by atoms with E-state index < -0.39 is 0 Å². The van der Waals surface area contributed by atoms with Crippen LogP contribution < -0.4 is 0 Å². The van der Waals surface area contributed by atoms with Crippen LogP contribution in [0.25, 0.3) is 0 Å². The average molecular weight is 127 g/mol. The van der Waals surface area contributed by atoms with Gasteiger partial charge in [0.2, 0.25) is 0 Å². The highest BCUT2D eigenvalue weighted by Crippen LogP contribution is 1.81. The predicted molar refractivity (Wildman–Crippen MR) is 34.8 cm³/mol. The van der Waals surface area contributed by atoms with Crippen molar-refractivity contribution < 1.29 is 4.79 Å². The van der Waals surface area contributed by atoms with Gasteiger partial charge in [-0.15, -0.1) is 6.58 Å². The van der Waals surface area contributed by atoms with Crippen molar-refractivity contribution in [3.8, 4) is 0 Å². The van der Waals surface area contributed by atoms with E-state index in [2.05, 4.69) is 23.8 Å². The highest BCUT2D eigenvalue weighted by atomic mass is 32.1. The topological polar surface area (TPSA) is 29.4 Å². The van der Waals surface area contributed by atoms with E-state index in [0.29, 0.717) is 0 Å². The summed E-state index contributed by atoms with van der Waals surface area (Å²) < 4.78 is 0. The monoisotopic (exact) mass is 127 g/mol. The molecule has 0 aromatic heterocycles. The molecule has 0 aliphatic rings. The van der Waals surface area contributed by atoms with Crippen molar-refractivity contribution in [2.75, 3.05) is 0 Å². The molecule has 0 saturated carbocycles. The van der Waals surface area contributed by atoms with Gasteiger partial charge >= 0.3 is 0 Å². The number of nitrogens with zero attached hydrogens (tertiary/aromatic N) is 1. The molecule has 0 bridgehead atoms. The summed E-state index contributed by atoms with van der Waals surface area (Å²) >= 11 is 4.17. The van der Waals surface area contributed by atoms with Gasteiger partial charge in [0.15, 0.2) is 0 Å². The zero-order valence-electron chi connectivity index (χ0n) is 4.26. The van der Waals surface area contributed by atoms with Gasteiger partial charge in [-0.2, -0.15) is 4.99 Å². The van der Waals surface area contributed by atoms with Crippen LogP contribution in [0.3, 0.4) is 0 Å². The Morgan fingerprint density at radius 2 is 2.62 bits per heavy atom. The van der Waals surface area contributed by atoms with Gasteiger partial charge in [0, 0.05) is 6.42 Å². The Morgan fingerprint density at radius 1 is 2.00 bits per heavy atom. The van der Waals surface area contributed by atoms with Gasteiger partial charge < -0.3 is 0 Å². The van der Waals surface area contributed by atoms with E-state index in [-0.39, 0.29) is 12.3 Å². The lowest BCUT2D eigenvalue weighted by molar-refractivity contribution is -0.116. The Balaban J connectivity index is 3.65. The molecule has 0 heterocycles. The maximum Gasteiger partial charge on any atom is 0.258 e. The van der Waals surface area contributed by atoms with Gasteiger partial charge in [0.25, 0.3) is 5.91 Å². The van der Waals surface area contributed by atoms with Crippen LogP contribution in [-0.2, 0) is 4.79 Å².